The van der Waals surface area contributed by atoms with Gasteiger partial charge < -0.3 is 35.3 Å². The Morgan fingerprint density at radius 1 is 0.933 bits per heavy atom. The molecule has 1 radical (unpaired) electrons. The van der Waals surface area contributed by atoms with Gasteiger partial charge in [0.2, 0.25) is 0 Å². The van der Waals surface area contributed by atoms with Gasteiger partial charge in [-0.05, 0) is 29.7 Å². The molecule has 0 bridgehead atoms. The number of carbonyl (C=O) groups is 1. The van der Waals surface area contributed by atoms with Crippen LogP contribution < -0.4 is 24.8 Å². The van der Waals surface area contributed by atoms with Crippen molar-refractivity contribution in [1.29, 1.82) is 0 Å². The van der Waals surface area contributed by atoms with E-state index in [4.69, 9.17) is 5.73 Å². The van der Waals surface area contributed by atoms with Crippen molar-refractivity contribution in [3.8, 4) is 0 Å². The second kappa shape index (κ2) is 13.9. The maximum Gasteiger partial charge on any atom is 3.00 e. The average molecular weight is 507 g/mol. The maximum absolute atomic E-state index is 13.3. The van der Waals surface area contributed by atoms with Crippen molar-refractivity contribution in [2.24, 2.45) is 10.8 Å². The van der Waals surface area contributed by atoms with E-state index in [1.807, 2.05) is 0 Å². The molecule has 6 heteroatoms. The summed E-state index contributed by atoms with van der Waals surface area (Å²) in [5.74, 6) is -0.300. The SMILES string of the molecule is C[SiH](C)C1(C(C)(C)C)CCCCCCCCCCC1(C([NH-])=O)C1=CC=CC1.[Cl-].[Cl-].[Ti+3]. The van der Waals surface area contributed by atoms with Crippen molar-refractivity contribution >= 4 is 14.7 Å². The molecule has 1 fully saturated rings. The Balaban J connectivity index is 0. The molecule has 2 unspecified atom stereocenters. The van der Waals surface area contributed by atoms with Crippen molar-refractivity contribution in [1.82, 2.24) is 0 Å². The number of allylic oxidation sites excluding steroid dienone is 3. The zero-order valence-electron chi connectivity index (χ0n) is 19.8. The normalized spacial score (nSPS) is 28.1. The predicted molar refractivity (Wildman–Crippen MR) is 121 cm³/mol. The Kier molecular flexibility index (Phi) is 15.1. The van der Waals surface area contributed by atoms with Gasteiger partial charge in [0, 0.05) is 14.2 Å². The van der Waals surface area contributed by atoms with Crippen LogP contribution in [0.1, 0.15) is 91.4 Å². The van der Waals surface area contributed by atoms with Gasteiger partial charge in [-0.25, -0.2) is 0 Å². The van der Waals surface area contributed by atoms with Crippen LogP contribution in [0.25, 0.3) is 5.73 Å². The number of hydrogen-bond donors (Lipinski definition) is 0. The van der Waals surface area contributed by atoms with Crippen LogP contribution in [0.5, 0.6) is 0 Å². The Labute approximate surface area is 215 Å². The van der Waals surface area contributed by atoms with Crippen LogP contribution in [0.15, 0.2) is 23.8 Å². The van der Waals surface area contributed by atoms with Gasteiger partial charge in [0.05, 0.1) is 5.91 Å². The third kappa shape index (κ3) is 6.28. The second-order valence-electron chi connectivity index (χ2n) is 10.3. The summed E-state index contributed by atoms with van der Waals surface area (Å²) in [4.78, 5) is 13.3. The number of nitrogens with one attached hydrogen (secondary N) is 1. The minimum absolute atomic E-state index is 0. The molecule has 0 aromatic heterocycles. The largest absolute Gasteiger partial charge is 3.00 e. The molecule has 0 aromatic carbocycles. The first-order valence-corrected chi connectivity index (χ1v) is 14.2. The zero-order chi connectivity index (χ0) is 20.1. The molecule has 0 spiro atoms. The Bertz CT molecular complexity index is 588. The predicted octanol–water partition coefficient (Wildman–Crippen LogP) is 1.63. The summed E-state index contributed by atoms with van der Waals surface area (Å²) in [6, 6.07) is 0. The van der Waals surface area contributed by atoms with Gasteiger partial charge in [-0.1, -0.05) is 109 Å². The molecule has 2 rings (SSSR count). The van der Waals surface area contributed by atoms with E-state index in [0.29, 0.717) is 0 Å². The summed E-state index contributed by atoms with van der Waals surface area (Å²) in [5, 5.41) is -0.0458. The van der Waals surface area contributed by atoms with Gasteiger partial charge >= 0.3 is 21.7 Å². The van der Waals surface area contributed by atoms with Gasteiger partial charge in [-0.15, -0.1) is 0 Å². The summed E-state index contributed by atoms with van der Waals surface area (Å²) in [6.07, 6.45) is 19.4. The molecule has 2 aliphatic rings. The summed E-state index contributed by atoms with van der Waals surface area (Å²) in [5.41, 5.74) is 9.30. The van der Waals surface area contributed by atoms with Crippen molar-refractivity contribution in [2.75, 3.05) is 0 Å². The molecule has 1 N–H and O–H groups in total. The molecule has 0 saturated heterocycles. The first-order chi connectivity index (χ1) is 12.7. The van der Waals surface area contributed by atoms with E-state index in [2.05, 4.69) is 52.1 Å². The minimum Gasteiger partial charge on any atom is -1.00 e. The maximum atomic E-state index is 13.3. The van der Waals surface area contributed by atoms with Crippen LogP contribution in [0.2, 0.25) is 18.1 Å². The topological polar surface area (TPSA) is 40.9 Å². The molecule has 1 amide bonds. The molecule has 2 atom stereocenters. The summed E-state index contributed by atoms with van der Waals surface area (Å²) in [7, 11) is -1.27. The van der Waals surface area contributed by atoms with Crippen molar-refractivity contribution in [3.05, 3.63) is 29.5 Å². The van der Waals surface area contributed by atoms with Crippen LogP contribution in [0.3, 0.4) is 0 Å². The standard InChI is InChI=1S/C24H43NOSi.2ClH.Ti/c1-22(2,3)24(27(4)5)19-15-11-9-7-6-8-10-14-18-23(24,21(25)26)20-16-12-13-17-20;;;/h12-13,16,27H,6-11,14-15,17-19H2,1-5H3,(H2,25,26);2*1H;/q;;;+3/p-3. The van der Waals surface area contributed by atoms with Crippen LogP contribution >= 0.6 is 0 Å². The third-order valence-electron chi connectivity index (χ3n) is 7.67. The molecule has 2 nitrogen and oxygen atoms in total. The second-order valence-corrected chi connectivity index (χ2v) is 13.6. The monoisotopic (exact) mass is 506 g/mol. The Morgan fingerprint density at radius 3 is 1.77 bits per heavy atom. The van der Waals surface area contributed by atoms with E-state index >= 15 is 0 Å². The van der Waals surface area contributed by atoms with E-state index in [-0.39, 0.29) is 62.9 Å². The van der Waals surface area contributed by atoms with Crippen LogP contribution in [0.4, 0.5) is 0 Å². The molecular formula is C24H42Cl2NOSiTi. The molecule has 0 aliphatic heterocycles. The van der Waals surface area contributed by atoms with Gasteiger partial charge in [0.15, 0.2) is 0 Å². The number of amides is 1. The number of halogens is 2. The summed E-state index contributed by atoms with van der Waals surface area (Å²) < 4.78 is 0. The van der Waals surface area contributed by atoms with E-state index in [1.165, 1.54) is 50.5 Å². The van der Waals surface area contributed by atoms with Gasteiger partial charge in [0.1, 0.15) is 0 Å². The first kappa shape index (κ1) is 32.6. The number of carbonyl (C=O) groups excluding carboxylic acids is 1. The van der Waals surface area contributed by atoms with E-state index in [1.54, 1.807) is 0 Å². The Morgan fingerprint density at radius 2 is 1.40 bits per heavy atom. The molecular weight excluding hydrogens is 465 g/mol. The molecule has 30 heavy (non-hydrogen) atoms. The van der Waals surface area contributed by atoms with Crippen LogP contribution in [0, 0.1) is 10.8 Å². The fourth-order valence-electron chi connectivity index (χ4n) is 6.63. The van der Waals surface area contributed by atoms with Gasteiger partial charge in [-0.3, -0.25) is 0 Å². The smallest absolute Gasteiger partial charge is 1.00 e. The van der Waals surface area contributed by atoms with Crippen molar-refractivity contribution in [3.63, 3.8) is 0 Å². The first-order valence-electron chi connectivity index (χ1n) is 11.3. The molecule has 2 aliphatic carbocycles. The van der Waals surface area contributed by atoms with Crippen molar-refractivity contribution in [2.45, 2.75) is 110 Å². The van der Waals surface area contributed by atoms with E-state index < -0.39 is 14.2 Å². The zero-order valence-corrected chi connectivity index (χ0v) is 24.0. The summed E-state index contributed by atoms with van der Waals surface area (Å²) >= 11 is 0. The van der Waals surface area contributed by atoms with E-state index in [0.717, 1.165) is 25.7 Å². The van der Waals surface area contributed by atoms with Crippen LogP contribution in [-0.4, -0.2) is 14.7 Å². The quantitative estimate of drug-likeness (QED) is 0.536. The van der Waals surface area contributed by atoms with Crippen molar-refractivity contribution < 1.29 is 51.3 Å². The van der Waals surface area contributed by atoms with Gasteiger partial charge in [0.25, 0.3) is 0 Å². The van der Waals surface area contributed by atoms with E-state index in [9.17, 15) is 4.79 Å². The third-order valence-corrected chi connectivity index (χ3v) is 11.3. The fourth-order valence-corrected chi connectivity index (χ4v) is 10.6. The fraction of sp³-hybridized carbons (Fsp3) is 0.792. The van der Waals surface area contributed by atoms with Gasteiger partial charge in [-0.2, -0.15) is 0 Å². The molecule has 0 heterocycles. The molecule has 171 valence electrons. The Hall–Kier alpha value is 0.461. The average Bonchev–Trinajstić information content (AvgIpc) is 3.08. The van der Waals surface area contributed by atoms with Crippen LogP contribution in [-0.2, 0) is 26.5 Å². The number of rotatable bonds is 3. The summed E-state index contributed by atoms with van der Waals surface area (Å²) in [6.45, 7) is 11.9. The minimum atomic E-state index is -1.27. The molecule has 0 aromatic rings. The number of hydrogen-bond acceptors (Lipinski definition) is 1. The molecule has 1 saturated carbocycles.